The van der Waals surface area contributed by atoms with Crippen molar-refractivity contribution < 1.29 is 33.7 Å². The van der Waals surface area contributed by atoms with E-state index in [1.165, 1.54) is 17.0 Å². The number of amides is 2. The van der Waals surface area contributed by atoms with Crippen LogP contribution in [0.15, 0.2) is 36.4 Å². The monoisotopic (exact) mass is 559 g/mol. The highest BCUT2D eigenvalue weighted by Gasteiger charge is 2.33. The lowest BCUT2D eigenvalue weighted by atomic mass is 10.0. The Bertz CT molecular complexity index is 1080. The summed E-state index contributed by atoms with van der Waals surface area (Å²) in [5.41, 5.74) is 0.766. The zero-order valence-corrected chi connectivity index (χ0v) is 22.2. The van der Waals surface area contributed by atoms with Crippen molar-refractivity contribution in [1.29, 1.82) is 0 Å². The second-order valence-corrected chi connectivity index (χ2v) is 9.08. The Morgan fingerprint density at radius 3 is 2.70 bits per heavy atom. The summed E-state index contributed by atoms with van der Waals surface area (Å²) in [7, 11) is 3.26. The molecule has 0 spiro atoms. The number of nitrogens with one attached hydrogen (secondary N) is 1. The Morgan fingerprint density at radius 1 is 1.27 bits per heavy atom. The van der Waals surface area contributed by atoms with Crippen molar-refractivity contribution in [3.63, 3.8) is 0 Å². The van der Waals surface area contributed by atoms with E-state index in [1.807, 2.05) is 0 Å². The first-order valence-corrected chi connectivity index (χ1v) is 11.9. The second-order valence-electron chi connectivity index (χ2n) is 8.64. The predicted octanol–water partition coefficient (Wildman–Crippen LogP) is 2.72. The van der Waals surface area contributed by atoms with Gasteiger partial charge in [-0.3, -0.25) is 9.59 Å². The highest BCUT2D eigenvalue weighted by Crippen LogP contribution is 2.37. The second kappa shape index (κ2) is 13.8. The Balaban J connectivity index is 0.00000241. The van der Waals surface area contributed by atoms with Gasteiger partial charge in [-0.1, -0.05) is 11.6 Å². The number of hydrogen-bond acceptors (Lipinski definition) is 6. The number of ether oxygens (including phenoxy) is 3. The number of methoxy groups -OCH3 is 1. The molecular formula is C25H32Cl2FN3O6. The lowest BCUT2D eigenvalue weighted by Gasteiger charge is -2.38. The van der Waals surface area contributed by atoms with Crippen LogP contribution >= 0.6 is 24.0 Å². The first-order valence-electron chi connectivity index (χ1n) is 11.5. The van der Waals surface area contributed by atoms with Gasteiger partial charge >= 0.3 is 0 Å². The highest BCUT2D eigenvalue weighted by atomic mass is 35.5. The van der Waals surface area contributed by atoms with Gasteiger partial charge in [-0.15, -0.1) is 12.4 Å². The molecule has 0 aromatic heterocycles. The van der Waals surface area contributed by atoms with Crippen molar-refractivity contribution in [3.05, 3.63) is 52.8 Å². The Morgan fingerprint density at radius 2 is 2.00 bits per heavy atom. The minimum Gasteiger partial charge on any atom is -0.494 e. The van der Waals surface area contributed by atoms with Gasteiger partial charge in [0, 0.05) is 38.8 Å². The standard InChI is InChI=1S/C25H29ClFN3O5.ClH.H2O/c1-29-21-13-16(26)12-19(24(21)35-15-23(29)31)25(32)28-20-8-10-30(14-22(20)33-2)9-3-11-34-18-6-4-17(27)5-7-18;;/h4-7,12-13,20,22H,3,8-11,14-15H2,1-2H3,(H,28,32);1H;1H2. The van der Waals surface area contributed by atoms with Crippen LogP contribution in [0, 0.1) is 5.82 Å². The number of likely N-dealkylation sites (tertiary alicyclic amines) is 1. The van der Waals surface area contributed by atoms with Crippen molar-refractivity contribution in [3.8, 4) is 11.5 Å². The molecule has 2 aliphatic rings. The zero-order chi connectivity index (χ0) is 24.9. The van der Waals surface area contributed by atoms with Crippen molar-refractivity contribution in [2.24, 2.45) is 0 Å². The number of likely N-dealkylation sites (N-methyl/N-ethyl adjacent to an activating group) is 1. The Kier molecular flexibility index (Phi) is 11.4. The SMILES string of the molecule is COC1CN(CCCOc2ccc(F)cc2)CCC1NC(=O)c1cc(Cl)cc2c1OCC(=O)N2C.Cl.O. The van der Waals surface area contributed by atoms with Crippen LogP contribution in [0.25, 0.3) is 0 Å². The van der Waals surface area contributed by atoms with Crippen LogP contribution in [0.5, 0.6) is 11.5 Å². The number of nitrogens with zero attached hydrogens (tertiary/aromatic N) is 2. The summed E-state index contributed by atoms with van der Waals surface area (Å²) in [6.07, 6.45) is 1.33. The number of carbonyl (C=O) groups is 2. The maximum atomic E-state index is 13.2. The molecule has 3 N–H and O–H groups in total. The molecule has 2 amide bonds. The molecule has 37 heavy (non-hydrogen) atoms. The van der Waals surface area contributed by atoms with Crippen LogP contribution in [0.3, 0.4) is 0 Å². The number of carbonyl (C=O) groups excluding carboxylic acids is 2. The number of rotatable bonds is 8. The van der Waals surface area contributed by atoms with Gasteiger partial charge in [-0.05, 0) is 49.2 Å². The summed E-state index contributed by atoms with van der Waals surface area (Å²) in [5, 5.41) is 3.41. The van der Waals surface area contributed by atoms with Gasteiger partial charge in [0.1, 0.15) is 11.6 Å². The topological polar surface area (TPSA) is 112 Å². The first kappa shape index (κ1) is 30.6. The van der Waals surface area contributed by atoms with E-state index in [-0.39, 0.29) is 54.3 Å². The van der Waals surface area contributed by atoms with Gasteiger partial charge in [0.25, 0.3) is 11.8 Å². The van der Waals surface area contributed by atoms with Crippen LogP contribution in [0.2, 0.25) is 5.02 Å². The molecule has 0 saturated carbocycles. The number of piperidine rings is 1. The summed E-state index contributed by atoms with van der Waals surface area (Å²) < 4.78 is 29.9. The molecule has 1 fully saturated rings. The van der Waals surface area contributed by atoms with Crippen LogP contribution in [0.4, 0.5) is 10.1 Å². The zero-order valence-electron chi connectivity index (χ0n) is 20.7. The molecule has 9 nitrogen and oxygen atoms in total. The summed E-state index contributed by atoms with van der Waals surface area (Å²) >= 11 is 6.23. The molecule has 2 unspecified atom stereocenters. The number of fused-ring (bicyclic) bond motifs is 1. The van der Waals surface area contributed by atoms with Crippen molar-refractivity contribution in [1.82, 2.24) is 10.2 Å². The molecule has 0 radical (unpaired) electrons. The average Bonchev–Trinajstić information content (AvgIpc) is 2.85. The molecular weight excluding hydrogens is 528 g/mol. The number of halogens is 3. The lowest BCUT2D eigenvalue weighted by Crippen LogP contribution is -2.55. The van der Waals surface area contributed by atoms with E-state index in [0.717, 1.165) is 19.5 Å². The average molecular weight is 560 g/mol. The summed E-state index contributed by atoms with van der Waals surface area (Å²) in [6, 6.07) is 8.96. The van der Waals surface area contributed by atoms with Crippen LogP contribution < -0.4 is 19.7 Å². The van der Waals surface area contributed by atoms with E-state index in [2.05, 4.69) is 10.2 Å². The molecule has 2 aromatic carbocycles. The molecule has 0 bridgehead atoms. The fourth-order valence-corrected chi connectivity index (χ4v) is 4.57. The predicted molar refractivity (Wildman–Crippen MR) is 141 cm³/mol. The van der Waals surface area contributed by atoms with Gasteiger partial charge in [-0.25, -0.2) is 4.39 Å². The third kappa shape index (κ3) is 7.45. The molecule has 2 heterocycles. The van der Waals surface area contributed by atoms with Gasteiger partial charge in [0.05, 0.1) is 30.0 Å². The molecule has 204 valence electrons. The molecule has 0 aliphatic carbocycles. The van der Waals surface area contributed by atoms with Gasteiger partial charge in [-0.2, -0.15) is 0 Å². The summed E-state index contributed by atoms with van der Waals surface area (Å²) in [5.74, 6) is 0.177. The molecule has 2 atom stereocenters. The van der Waals surface area contributed by atoms with Gasteiger partial charge < -0.3 is 34.8 Å². The maximum Gasteiger partial charge on any atom is 0.264 e. The van der Waals surface area contributed by atoms with E-state index in [0.29, 0.717) is 47.3 Å². The van der Waals surface area contributed by atoms with Gasteiger partial charge in [0.2, 0.25) is 0 Å². The summed E-state index contributed by atoms with van der Waals surface area (Å²) in [4.78, 5) is 28.9. The van der Waals surface area contributed by atoms with Crippen molar-refractivity contribution in [2.75, 3.05) is 51.9 Å². The third-order valence-electron chi connectivity index (χ3n) is 6.32. The minimum atomic E-state index is -0.320. The molecule has 2 aromatic rings. The number of benzene rings is 2. The van der Waals surface area contributed by atoms with E-state index in [1.54, 1.807) is 38.4 Å². The van der Waals surface area contributed by atoms with E-state index in [4.69, 9.17) is 25.8 Å². The van der Waals surface area contributed by atoms with Crippen molar-refractivity contribution >= 4 is 41.5 Å². The third-order valence-corrected chi connectivity index (χ3v) is 6.54. The molecule has 4 rings (SSSR count). The largest absolute Gasteiger partial charge is 0.494 e. The van der Waals surface area contributed by atoms with Crippen LogP contribution in [0.1, 0.15) is 23.2 Å². The first-order chi connectivity index (χ1) is 16.9. The summed E-state index contributed by atoms with van der Waals surface area (Å²) in [6.45, 7) is 2.67. The van der Waals surface area contributed by atoms with E-state index >= 15 is 0 Å². The molecule has 12 heteroatoms. The maximum absolute atomic E-state index is 13.2. The fourth-order valence-electron chi connectivity index (χ4n) is 4.36. The smallest absolute Gasteiger partial charge is 0.264 e. The van der Waals surface area contributed by atoms with Crippen molar-refractivity contribution in [2.45, 2.75) is 25.0 Å². The normalized spacial score (nSPS) is 19.1. The fraction of sp³-hybridized carbons (Fsp3) is 0.440. The quantitative estimate of drug-likeness (QED) is 0.497. The Hall–Kier alpha value is -2.63. The van der Waals surface area contributed by atoms with Crippen LogP contribution in [-0.4, -0.2) is 81.3 Å². The van der Waals surface area contributed by atoms with E-state index < -0.39 is 0 Å². The van der Waals surface area contributed by atoms with Crippen LogP contribution in [-0.2, 0) is 9.53 Å². The Labute approximate surface area is 226 Å². The highest BCUT2D eigenvalue weighted by molar-refractivity contribution is 6.31. The minimum absolute atomic E-state index is 0. The molecule has 2 aliphatic heterocycles. The number of anilines is 1. The lowest BCUT2D eigenvalue weighted by molar-refractivity contribution is -0.121. The van der Waals surface area contributed by atoms with E-state index in [9.17, 15) is 14.0 Å². The molecule has 1 saturated heterocycles. The van der Waals surface area contributed by atoms with Gasteiger partial charge in [0.15, 0.2) is 12.4 Å². The number of hydrogen-bond donors (Lipinski definition) is 1.